The Bertz CT molecular complexity index is 546. The van der Waals surface area contributed by atoms with Crippen LogP contribution in [-0.2, 0) is 16.1 Å². The van der Waals surface area contributed by atoms with Gasteiger partial charge in [-0.2, -0.15) is 0 Å². The van der Waals surface area contributed by atoms with Crippen molar-refractivity contribution in [3.05, 3.63) is 35.9 Å². The molecule has 0 aromatic heterocycles. The Morgan fingerprint density at radius 1 is 1.07 bits per heavy atom. The summed E-state index contributed by atoms with van der Waals surface area (Å²) in [5.74, 6) is 0.552. The van der Waals surface area contributed by atoms with Crippen molar-refractivity contribution in [2.75, 3.05) is 26.7 Å². The zero-order chi connectivity index (χ0) is 18.5. The molecule has 0 atom stereocenters. The third-order valence-corrected chi connectivity index (χ3v) is 4.52. The standard InChI is InChI=1S/C20H32N4O2.HI/c1-21-20(22-13-14-26-18-11-7-2-3-8-12-18)24-16-19(25)23-15-17-9-5-4-6-10-17;/h4-6,9-10,18H,2-3,7-8,11-16H2,1H3,(H,23,25)(H2,21,22,24);1H. The molecule has 0 saturated heterocycles. The molecule has 152 valence electrons. The fourth-order valence-electron chi connectivity index (χ4n) is 3.05. The lowest BCUT2D eigenvalue weighted by atomic mass is 10.1. The maximum atomic E-state index is 11.9. The van der Waals surface area contributed by atoms with Gasteiger partial charge in [-0.15, -0.1) is 24.0 Å². The monoisotopic (exact) mass is 488 g/mol. The molecule has 6 nitrogen and oxygen atoms in total. The maximum absolute atomic E-state index is 11.9. The van der Waals surface area contributed by atoms with Crippen LogP contribution in [0.2, 0.25) is 0 Å². The molecule has 0 spiro atoms. The Balaban J connectivity index is 0.00000364. The fourth-order valence-corrected chi connectivity index (χ4v) is 3.05. The van der Waals surface area contributed by atoms with Crippen molar-refractivity contribution in [1.29, 1.82) is 0 Å². The predicted molar refractivity (Wildman–Crippen MR) is 121 cm³/mol. The van der Waals surface area contributed by atoms with Gasteiger partial charge in [0.1, 0.15) is 0 Å². The molecule has 27 heavy (non-hydrogen) atoms. The Morgan fingerprint density at radius 3 is 2.44 bits per heavy atom. The highest BCUT2D eigenvalue weighted by Gasteiger charge is 2.12. The SMILES string of the molecule is CN=C(NCCOC1CCCCCC1)NCC(=O)NCc1ccccc1.I. The largest absolute Gasteiger partial charge is 0.376 e. The molecular weight excluding hydrogens is 455 g/mol. The lowest BCUT2D eigenvalue weighted by Gasteiger charge is -2.16. The lowest BCUT2D eigenvalue weighted by Crippen LogP contribution is -2.44. The van der Waals surface area contributed by atoms with Crippen LogP contribution < -0.4 is 16.0 Å². The number of halogens is 1. The summed E-state index contributed by atoms with van der Waals surface area (Å²) >= 11 is 0. The Hall–Kier alpha value is -1.35. The highest BCUT2D eigenvalue weighted by Crippen LogP contribution is 2.19. The zero-order valence-electron chi connectivity index (χ0n) is 16.2. The number of ether oxygens (including phenoxy) is 1. The van der Waals surface area contributed by atoms with Crippen LogP contribution in [0.4, 0.5) is 0 Å². The van der Waals surface area contributed by atoms with Gasteiger partial charge in [-0.05, 0) is 18.4 Å². The number of amides is 1. The van der Waals surface area contributed by atoms with Crippen LogP contribution in [0, 0.1) is 0 Å². The van der Waals surface area contributed by atoms with E-state index in [-0.39, 0.29) is 36.4 Å². The van der Waals surface area contributed by atoms with Crippen molar-refractivity contribution in [2.24, 2.45) is 4.99 Å². The van der Waals surface area contributed by atoms with E-state index >= 15 is 0 Å². The first-order valence-electron chi connectivity index (χ1n) is 9.64. The normalized spacial score (nSPS) is 15.4. The maximum Gasteiger partial charge on any atom is 0.239 e. The number of guanidine groups is 1. The number of carbonyl (C=O) groups is 1. The van der Waals surface area contributed by atoms with E-state index in [0.717, 1.165) is 5.56 Å². The van der Waals surface area contributed by atoms with Crippen molar-refractivity contribution in [1.82, 2.24) is 16.0 Å². The van der Waals surface area contributed by atoms with E-state index in [1.165, 1.54) is 38.5 Å². The molecule has 1 amide bonds. The van der Waals surface area contributed by atoms with Crippen LogP contribution in [0.15, 0.2) is 35.3 Å². The van der Waals surface area contributed by atoms with Gasteiger partial charge in [0.2, 0.25) is 5.91 Å². The number of hydrogen-bond donors (Lipinski definition) is 3. The average Bonchev–Trinajstić information content (AvgIpc) is 2.95. The molecule has 7 heteroatoms. The van der Waals surface area contributed by atoms with E-state index in [1.54, 1.807) is 7.05 Å². The Kier molecular flexibility index (Phi) is 12.9. The first kappa shape index (κ1) is 23.7. The van der Waals surface area contributed by atoms with Gasteiger partial charge in [0.15, 0.2) is 5.96 Å². The summed E-state index contributed by atoms with van der Waals surface area (Å²) in [7, 11) is 1.70. The van der Waals surface area contributed by atoms with E-state index in [2.05, 4.69) is 20.9 Å². The lowest BCUT2D eigenvalue weighted by molar-refractivity contribution is -0.120. The minimum Gasteiger partial charge on any atom is -0.376 e. The van der Waals surface area contributed by atoms with Crippen LogP contribution in [0.1, 0.15) is 44.1 Å². The summed E-state index contributed by atoms with van der Waals surface area (Å²) in [5.41, 5.74) is 1.08. The fraction of sp³-hybridized carbons (Fsp3) is 0.600. The molecule has 0 unspecified atom stereocenters. The molecule has 1 fully saturated rings. The third-order valence-electron chi connectivity index (χ3n) is 4.52. The molecule has 0 radical (unpaired) electrons. The second-order valence-electron chi connectivity index (χ2n) is 6.60. The summed E-state index contributed by atoms with van der Waals surface area (Å²) in [6, 6.07) is 9.86. The number of carbonyl (C=O) groups excluding carboxylic acids is 1. The van der Waals surface area contributed by atoms with Crippen LogP contribution in [0.5, 0.6) is 0 Å². The highest BCUT2D eigenvalue weighted by atomic mass is 127. The molecule has 1 aromatic carbocycles. The zero-order valence-corrected chi connectivity index (χ0v) is 18.5. The Labute approximate surface area is 179 Å². The van der Waals surface area contributed by atoms with Crippen LogP contribution >= 0.6 is 24.0 Å². The summed E-state index contributed by atoms with van der Waals surface area (Å²) in [6.45, 7) is 2.06. The third kappa shape index (κ3) is 10.5. The van der Waals surface area contributed by atoms with Crippen molar-refractivity contribution in [3.63, 3.8) is 0 Å². The number of hydrogen-bond acceptors (Lipinski definition) is 3. The Morgan fingerprint density at radius 2 is 1.78 bits per heavy atom. The number of nitrogens with zero attached hydrogens (tertiary/aromatic N) is 1. The molecular formula is C20H33IN4O2. The number of rotatable bonds is 8. The first-order chi connectivity index (χ1) is 12.8. The van der Waals surface area contributed by atoms with Crippen LogP contribution in [-0.4, -0.2) is 44.7 Å². The van der Waals surface area contributed by atoms with E-state index in [0.29, 0.717) is 31.8 Å². The smallest absolute Gasteiger partial charge is 0.239 e. The molecule has 1 aromatic rings. The molecule has 0 bridgehead atoms. The van der Waals surface area contributed by atoms with Gasteiger partial charge in [0, 0.05) is 20.1 Å². The van der Waals surface area contributed by atoms with Crippen LogP contribution in [0.3, 0.4) is 0 Å². The predicted octanol–water partition coefficient (Wildman–Crippen LogP) is 2.83. The van der Waals surface area contributed by atoms with Crippen LogP contribution in [0.25, 0.3) is 0 Å². The summed E-state index contributed by atoms with van der Waals surface area (Å²) in [5, 5.41) is 9.10. The van der Waals surface area contributed by atoms with Gasteiger partial charge in [0.05, 0.1) is 19.3 Å². The van der Waals surface area contributed by atoms with Crippen molar-refractivity contribution >= 4 is 35.8 Å². The molecule has 0 aliphatic heterocycles. The molecule has 1 aliphatic carbocycles. The number of aliphatic imine (C=N–C) groups is 1. The molecule has 2 rings (SSSR count). The van der Waals surface area contributed by atoms with Gasteiger partial charge in [0.25, 0.3) is 0 Å². The van der Waals surface area contributed by atoms with Gasteiger partial charge >= 0.3 is 0 Å². The van der Waals surface area contributed by atoms with Gasteiger partial charge in [-0.1, -0.05) is 56.0 Å². The summed E-state index contributed by atoms with van der Waals surface area (Å²) in [4.78, 5) is 16.1. The minimum absolute atomic E-state index is 0. The molecule has 3 N–H and O–H groups in total. The van der Waals surface area contributed by atoms with Gasteiger partial charge < -0.3 is 20.7 Å². The topological polar surface area (TPSA) is 74.8 Å². The summed E-state index contributed by atoms with van der Waals surface area (Å²) in [6.07, 6.45) is 7.97. The minimum atomic E-state index is -0.0634. The second-order valence-corrected chi connectivity index (χ2v) is 6.60. The second kappa shape index (κ2) is 14.7. The molecule has 0 heterocycles. The molecule has 1 saturated carbocycles. The van der Waals surface area contributed by atoms with E-state index in [1.807, 2.05) is 30.3 Å². The van der Waals surface area contributed by atoms with E-state index < -0.39 is 0 Å². The van der Waals surface area contributed by atoms with E-state index in [9.17, 15) is 4.79 Å². The van der Waals surface area contributed by atoms with Crippen molar-refractivity contribution < 1.29 is 9.53 Å². The summed E-state index contributed by atoms with van der Waals surface area (Å²) < 4.78 is 5.95. The van der Waals surface area contributed by atoms with Gasteiger partial charge in [-0.3, -0.25) is 9.79 Å². The van der Waals surface area contributed by atoms with Crippen molar-refractivity contribution in [3.8, 4) is 0 Å². The van der Waals surface area contributed by atoms with Gasteiger partial charge in [-0.25, -0.2) is 0 Å². The quantitative estimate of drug-likeness (QED) is 0.173. The number of benzene rings is 1. The van der Waals surface area contributed by atoms with E-state index in [4.69, 9.17) is 4.74 Å². The molecule has 1 aliphatic rings. The van der Waals surface area contributed by atoms with Crippen molar-refractivity contribution in [2.45, 2.75) is 51.2 Å². The first-order valence-corrected chi connectivity index (χ1v) is 9.64. The number of nitrogens with one attached hydrogen (secondary N) is 3. The average molecular weight is 488 g/mol. The highest BCUT2D eigenvalue weighted by molar-refractivity contribution is 14.0.